The van der Waals surface area contributed by atoms with Gasteiger partial charge in [-0.3, -0.25) is 4.89 Å². The van der Waals surface area contributed by atoms with E-state index in [-0.39, 0.29) is 23.1 Å². The van der Waals surface area contributed by atoms with E-state index in [1.54, 1.807) is 30.3 Å². The van der Waals surface area contributed by atoms with Gasteiger partial charge in [-0.1, -0.05) is 42.5 Å². The van der Waals surface area contributed by atoms with Gasteiger partial charge in [0.2, 0.25) is 5.88 Å². The highest BCUT2D eigenvalue weighted by molar-refractivity contribution is 6.15. The van der Waals surface area contributed by atoms with Crippen LogP contribution in [0.1, 0.15) is 5.56 Å². The molecule has 0 aliphatic heterocycles. The molecule has 0 unspecified atom stereocenters. The largest absolute Gasteiger partial charge is 0.503 e. The summed E-state index contributed by atoms with van der Waals surface area (Å²) >= 11 is 0. The SMILES string of the molecule is CO/C=C(\C(=O)OOc1cc(Oc2ccccc2F)ncn1)c1ccccc1. The number of aromatic nitrogens is 2. The van der Waals surface area contributed by atoms with Gasteiger partial charge in [0.15, 0.2) is 11.6 Å². The van der Waals surface area contributed by atoms with Crippen molar-refractivity contribution < 1.29 is 28.4 Å². The van der Waals surface area contributed by atoms with Crippen molar-refractivity contribution in [1.82, 2.24) is 9.97 Å². The number of carbonyl (C=O) groups excluding carboxylic acids is 1. The molecule has 2 aromatic carbocycles. The number of rotatable bonds is 7. The summed E-state index contributed by atoms with van der Waals surface area (Å²) in [7, 11) is 1.41. The van der Waals surface area contributed by atoms with Crippen LogP contribution in [-0.2, 0) is 14.4 Å². The van der Waals surface area contributed by atoms with Gasteiger partial charge in [0, 0.05) is 0 Å². The minimum atomic E-state index is -0.789. The van der Waals surface area contributed by atoms with Crippen molar-refractivity contribution in [3.05, 3.63) is 84.6 Å². The minimum Gasteiger partial charge on any atom is -0.503 e. The molecule has 7 nitrogen and oxygen atoms in total. The van der Waals surface area contributed by atoms with Crippen LogP contribution in [0.25, 0.3) is 5.57 Å². The predicted molar refractivity (Wildman–Crippen MR) is 96.7 cm³/mol. The molecule has 0 atom stereocenters. The Kier molecular flexibility index (Phi) is 6.14. The number of ether oxygens (including phenoxy) is 2. The Labute approximate surface area is 159 Å². The Morgan fingerprint density at radius 1 is 1.00 bits per heavy atom. The van der Waals surface area contributed by atoms with Crippen molar-refractivity contribution in [2.24, 2.45) is 0 Å². The topological polar surface area (TPSA) is 79.8 Å². The van der Waals surface area contributed by atoms with Gasteiger partial charge in [0.05, 0.1) is 19.4 Å². The first-order valence-electron chi connectivity index (χ1n) is 8.09. The number of nitrogens with zero attached hydrogens (tertiary/aromatic N) is 2. The summed E-state index contributed by atoms with van der Waals surface area (Å²) in [5.74, 6) is -1.43. The average molecular weight is 382 g/mol. The second-order valence-corrected chi connectivity index (χ2v) is 5.31. The van der Waals surface area contributed by atoms with Crippen LogP contribution in [0.2, 0.25) is 0 Å². The molecule has 0 bridgehead atoms. The van der Waals surface area contributed by atoms with Gasteiger partial charge in [-0.25, -0.2) is 19.1 Å². The fourth-order valence-electron chi connectivity index (χ4n) is 2.16. The van der Waals surface area contributed by atoms with Crippen molar-refractivity contribution in [1.29, 1.82) is 0 Å². The van der Waals surface area contributed by atoms with Crippen molar-refractivity contribution >= 4 is 11.5 Å². The highest BCUT2D eigenvalue weighted by Gasteiger charge is 2.17. The van der Waals surface area contributed by atoms with Crippen LogP contribution in [-0.4, -0.2) is 23.0 Å². The van der Waals surface area contributed by atoms with Gasteiger partial charge in [0.25, 0.3) is 5.88 Å². The molecule has 1 heterocycles. The first kappa shape index (κ1) is 18.8. The smallest absolute Gasteiger partial charge is 0.389 e. The summed E-state index contributed by atoms with van der Waals surface area (Å²) in [6.45, 7) is 0. The third-order valence-corrected chi connectivity index (χ3v) is 3.41. The maximum atomic E-state index is 13.7. The van der Waals surface area contributed by atoms with Crippen LogP contribution in [0.15, 0.2) is 73.3 Å². The summed E-state index contributed by atoms with van der Waals surface area (Å²) in [5, 5.41) is 0. The summed E-state index contributed by atoms with van der Waals surface area (Å²) in [5.41, 5.74) is 0.740. The lowest BCUT2D eigenvalue weighted by Gasteiger charge is -2.08. The Balaban J connectivity index is 1.68. The van der Waals surface area contributed by atoms with Crippen molar-refractivity contribution in [2.45, 2.75) is 0 Å². The molecule has 142 valence electrons. The van der Waals surface area contributed by atoms with Crippen molar-refractivity contribution in [3.8, 4) is 17.5 Å². The zero-order chi connectivity index (χ0) is 19.8. The van der Waals surface area contributed by atoms with E-state index >= 15 is 0 Å². The normalized spacial score (nSPS) is 10.9. The lowest BCUT2D eigenvalue weighted by Crippen LogP contribution is -2.11. The summed E-state index contributed by atoms with van der Waals surface area (Å²) in [6.07, 6.45) is 2.37. The predicted octanol–water partition coefficient (Wildman–Crippen LogP) is 3.93. The summed E-state index contributed by atoms with van der Waals surface area (Å²) in [4.78, 5) is 29.8. The Morgan fingerprint density at radius 3 is 2.46 bits per heavy atom. The molecular weight excluding hydrogens is 367 g/mol. The number of hydrogen-bond donors (Lipinski definition) is 0. The van der Waals surface area contributed by atoms with Crippen LogP contribution >= 0.6 is 0 Å². The Morgan fingerprint density at radius 2 is 1.71 bits per heavy atom. The molecule has 0 aliphatic rings. The summed E-state index contributed by atoms with van der Waals surface area (Å²) in [6, 6.07) is 15.9. The lowest BCUT2D eigenvalue weighted by atomic mass is 10.1. The van der Waals surface area contributed by atoms with Crippen LogP contribution in [0, 0.1) is 5.82 Å². The number of halogens is 1. The highest BCUT2D eigenvalue weighted by atomic mass is 19.1. The molecule has 3 rings (SSSR count). The molecule has 0 radical (unpaired) electrons. The van der Waals surface area contributed by atoms with Gasteiger partial charge >= 0.3 is 5.97 Å². The van der Waals surface area contributed by atoms with E-state index < -0.39 is 11.8 Å². The quantitative estimate of drug-likeness (QED) is 0.265. The first-order valence-corrected chi connectivity index (χ1v) is 8.09. The fourth-order valence-corrected chi connectivity index (χ4v) is 2.16. The van der Waals surface area contributed by atoms with Gasteiger partial charge in [-0.05, 0) is 17.7 Å². The molecule has 0 N–H and O–H groups in total. The lowest BCUT2D eigenvalue weighted by molar-refractivity contribution is -0.207. The zero-order valence-corrected chi connectivity index (χ0v) is 14.7. The third kappa shape index (κ3) is 4.82. The molecule has 3 aromatic rings. The van der Waals surface area contributed by atoms with Crippen molar-refractivity contribution in [2.75, 3.05) is 7.11 Å². The standard InChI is InChI=1S/C20H15FN2O5/c1-25-12-15(14-7-3-2-4-8-14)20(24)28-27-19-11-18(22-13-23-19)26-17-10-6-5-9-16(17)21/h2-13H,1H3/b15-12-. The van der Waals surface area contributed by atoms with E-state index in [1.165, 1.54) is 37.6 Å². The van der Waals surface area contributed by atoms with E-state index in [1.807, 2.05) is 6.07 Å². The fraction of sp³-hybridized carbons (Fsp3) is 0.0500. The molecule has 28 heavy (non-hydrogen) atoms. The number of carbonyl (C=O) groups is 1. The third-order valence-electron chi connectivity index (χ3n) is 3.41. The second-order valence-electron chi connectivity index (χ2n) is 5.31. The number of para-hydroxylation sites is 1. The number of methoxy groups -OCH3 is 1. The molecule has 8 heteroatoms. The molecule has 1 aromatic heterocycles. The molecule has 0 saturated heterocycles. The maximum Gasteiger partial charge on any atom is 0.389 e. The van der Waals surface area contributed by atoms with E-state index in [4.69, 9.17) is 19.2 Å². The second kappa shape index (κ2) is 9.13. The van der Waals surface area contributed by atoms with Gasteiger partial charge < -0.3 is 9.47 Å². The van der Waals surface area contributed by atoms with E-state index in [0.717, 1.165) is 6.33 Å². The van der Waals surface area contributed by atoms with Crippen LogP contribution in [0.5, 0.6) is 17.5 Å². The molecule has 0 saturated carbocycles. The van der Waals surface area contributed by atoms with E-state index in [9.17, 15) is 9.18 Å². The Bertz CT molecular complexity index is 979. The van der Waals surface area contributed by atoms with Crippen LogP contribution in [0.4, 0.5) is 4.39 Å². The van der Waals surface area contributed by atoms with E-state index in [2.05, 4.69) is 9.97 Å². The summed E-state index contributed by atoms with van der Waals surface area (Å²) < 4.78 is 23.9. The van der Waals surface area contributed by atoms with Gasteiger partial charge in [0.1, 0.15) is 11.9 Å². The van der Waals surface area contributed by atoms with Crippen LogP contribution < -0.4 is 9.62 Å². The zero-order valence-electron chi connectivity index (χ0n) is 14.7. The highest BCUT2D eigenvalue weighted by Crippen LogP contribution is 2.24. The molecular formula is C20H15FN2O5. The maximum absolute atomic E-state index is 13.7. The average Bonchev–Trinajstić information content (AvgIpc) is 2.73. The van der Waals surface area contributed by atoms with E-state index in [0.29, 0.717) is 5.56 Å². The Hall–Kier alpha value is -3.94. The number of hydrogen-bond acceptors (Lipinski definition) is 7. The molecule has 0 fully saturated rings. The van der Waals surface area contributed by atoms with Gasteiger partial charge in [-0.2, -0.15) is 4.98 Å². The van der Waals surface area contributed by atoms with Gasteiger partial charge in [-0.15, -0.1) is 0 Å². The molecule has 0 spiro atoms. The van der Waals surface area contributed by atoms with Crippen LogP contribution in [0.3, 0.4) is 0 Å². The molecule has 0 amide bonds. The van der Waals surface area contributed by atoms with Crippen molar-refractivity contribution in [3.63, 3.8) is 0 Å². The monoisotopic (exact) mass is 382 g/mol. The minimum absolute atomic E-state index is 0.0152. The number of benzene rings is 2. The molecule has 0 aliphatic carbocycles. The first-order chi connectivity index (χ1) is 13.7.